The Bertz CT molecular complexity index is 263. The molecule has 5 nitrogen and oxygen atoms in total. The smallest absolute Gasteiger partial charge is 0.281 e. The van der Waals surface area contributed by atoms with E-state index in [1.54, 1.807) is 11.4 Å². The van der Waals surface area contributed by atoms with Gasteiger partial charge in [-0.15, -0.1) is 12.4 Å². The van der Waals surface area contributed by atoms with E-state index in [1.807, 2.05) is 6.92 Å². The minimum Gasteiger partial charge on any atom is -0.315 e. The fourth-order valence-electron chi connectivity index (χ4n) is 1.41. The molecule has 1 saturated heterocycles. The molecule has 0 amide bonds. The fourth-order valence-corrected chi connectivity index (χ4v) is 2.81. The molecule has 1 rings (SSSR count). The number of hydrogen-bond donors (Lipinski definition) is 1. The zero-order valence-corrected chi connectivity index (χ0v) is 10.9. The van der Waals surface area contributed by atoms with Crippen LogP contribution < -0.4 is 5.32 Å². The van der Waals surface area contributed by atoms with E-state index in [0.29, 0.717) is 19.6 Å². The summed E-state index contributed by atoms with van der Waals surface area (Å²) in [7, 11) is -1.59. The third-order valence-corrected chi connectivity index (χ3v) is 4.53. The van der Waals surface area contributed by atoms with Gasteiger partial charge in [0.1, 0.15) is 0 Å². The van der Waals surface area contributed by atoms with Gasteiger partial charge in [0, 0.05) is 33.2 Å². The highest BCUT2D eigenvalue weighted by atomic mass is 35.5. The summed E-state index contributed by atoms with van der Waals surface area (Å²) in [6.07, 6.45) is 0.886. The molecule has 1 aliphatic heterocycles. The van der Waals surface area contributed by atoms with E-state index in [0.717, 1.165) is 19.5 Å². The molecule has 0 saturated carbocycles. The van der Waals surface area contributed by atoms with E-state index in [1.165, 1.54) is 4.31 Å². The Morgan fingerprint density at radius 3 is 2.60 bits per heavy atom. The average molecular weight is 258 g/mol. The standard InChI is InChI=1S/C8H19N3O2S.ClH/c1-3-10(2)14(12,13)11-7-4-5-9-6-8-11;/h9H,3-8H2,1-2H3;1H. The van der Waals surface area contributed by atoms with Gasteiger partial charge in [-0.2, -0.15) is 17.0 Å². The van der Waals surface area contributed by atoms with Gasteiger partial charge in [0.05, 0.1) is 0 Å². The lowest BCUT2D eigenvalue weighted by atomic mass is 10.4. The Kier molecular flexibility index (Phi) is 6.70. The normalized spacial score (nSPS) is 19.7. The lowest BCUT2D eigenvalue weighted by Gasteiger charge is -2.25. The second-order valence-corrected chi connectivity index (χ2v) is 5.46. The minimum atomic E-state index is -3.21. The predicted molar refractivity (Wildman–Crippen MR) is 63.5 cm³/mol. The van der Waals surface area contributed by atoms with E-state index in [9.17, 15) is 8.42 Å². The number of nitrogens with zero attached hydrogens (tertiary/aromatic N) is 2. The van der Waals surface area contributed by atoms with Crippen LogP contribution in [-0.2, 0) is 10.2 Å². The molecule has 0 aromatic carbocycles. The molecule has 15 heavy (non-hydrogen) atoms. The van der Waals surface area contributed by atoms with Crippen molar-refractivity contribution in [2.75, 3.05) is 39.8 Å². The van der Waals surface area contributed by atoms with Crippen molar-refractivity contribution in [2.45, 2.75) is 13.3 Å². The zero-order valence-electron chi connectivity index (χ0n) is 9.27. The molecule has 0 aliphatic carbocycles. The maximum atomic E-state index is 11.9. The second-order valence-electron chi connectivity index (χ2n) is 3.42. The summed E-state index contributed by atoms with van der Waals surface area (Å²) in [5, 5.41) is 3.18. The molecular formula is C8H20ClN3O2S. The van der Waals surface area contributed by atoms with Crippen molar-refractivity contribution in [1.82, 2.24) is 13.9 Å². The van der Waals surface area contributed by atoms with Crippen molar-refractivity contribution >= 4 is 22.6 Å². The van der Waals surface area contributed by atoms with Crippen LogP contribution >= 0.6 is 12.4 Å². The average Bonchev–Trinajstić information content (AvgIpc) is 2.44. The Morgan fingerprint density at radius 2 is 2.00 bits per heavy atom. The molecular weight excluding hydrogens is 238 g/mol. The third-order valence-electron chi connectivity index (χ3n) is 2.46. The van der Waals surface area contributed by atoms with Crippen LogP contribution in [0, 0.1) is 0 Å². The van der Waals surface area contributed by atoms with Crippen LogP contribution in [-0.4, -0.2) is 56.8 Å². The maximum absolute atomic E-state index is 11.9. The number of halogens is 1. The molecule has 0 bridgehead atoms. The first-order valence-electron chi connectivity index (χ1n) is 5.01. The Hall–Kier alpha value is 0.120. The van der Waals surface area contributed by atoms with Crippen LogP contribution in [0.4, 0.5) is 0 Å². The fraction of sp³-hybridized carbons (Fsp3) is 1.00. The van der Waals surface area contributed by atoms with Crippen LogP contribution in [0.2, 0.25) is 0 Å². The van der Waals surface area contributed by atoms with Crippen molar-refractivity contribution in [3.8, 4) is 0 Å². The summed E-state index contributed by atoms with van der Waals surface area (Å²) in [6.45, 7) is 5.21. The van der Waals surface area contributed by atoms with Crippen LogP contribution in [0.1, 0.15) is 13.3 Å². The highest BCUT2D eigenvalue weighted by Crippen LogP contribution is 2.07. The van der Waals surface area contributed by atoms with Gasteiger partial charge in [-0.1, -0.05) is 6.92 Å². The van der Waals surface area contributed by atoms with E-state index in [4.69, 9.17) is 0 Å². The summed E-state index contributed by atoms with van der Waals surface area (Å²) in [5.41, 5.74) is 0. The molecule has 0 atom stereocenters. The Balaban J connectivity index is 0.00000196. The molecule has 0 unspecified atom stereocenters. The monoisotopic (exact) mass is 257 g/mol. The van der Waals surface area contributed by atoms with Gasteiger partial charge in [0.2, 0.25) is 0 Å². The SMILES string of the molecule is CCN(C)S(=O)(=O)N1CCCNCC1.Cl. The molecule has 7 heteroatoms. The van der Waals surface area contributed by atoms with Gasteiger partial charge >= 0.3 is 0 Å². The summed E-state index contributed by atoms with van der Waals surface area (Å²) in [4.78, 5) is 0. The van der Waals surface area contributed by atoms with E-state index in [2.05, 4.69) is 5.32 Å². The summed E-state index contributed by atoms with van der Waals surface area (Å²) in [5.74, 6) is 0. The van der Waals surface area contributed by atoms with E-state index in [-0.39, 0.29) is 12.4 Å². The van der Waals surface area contributed by atoms with Gasteiger partial charge in [0.25, 0.3) is 10.2 Å². The van der Waals surface area contributed by atoms with Crippen molar-refractivity contribution in [3.05, 3.63) is 0 Å². The summed E-state index contributed by atoms with van der Waals surface area (Å²) in [6, 6.07) is 0. The molecule has 0 aromatic rings. The zero-order chi connectivity index (χ0) is 10.6. The van der Waals surface area contributed by atoms with Gasteiger partial charge in [-0.05, 0) is 13.0 Å². The highest BCUT2D eigenvalue weighted by molar-refractivity contribution is 7.86. The first-order valence-corrected chi connectivity index (χ1v) is 6.41. The van der Waals surface area contributed by atoms with Crippen molar-refractivity contribution < 1.29 is 8.42 Å². The van der Waals surface area contributed by atoms with Crippen molar-refractivity contribution in [1.29, 1.82) is 0 Å². The molecule has 0 radical (unpaired) electrons. The first kappa shape index (κ1) is 15.1. The largest absolute Gasteiger partial charge is 0.315 e. The predicted octanol–water partition coefficient (Wildman–Crippen LogP) is -0.1000. The van der Waals surface area contributed by atoms with Gasteiger partial charge in [-0.25, -0.2) is 0 Å². The first-order chi connectivity index (χ1) is 6.59. The van der Waals surface area contributed by atoms with E-state index < -0.39 is 10.2 Å². The maximum Gasteiger partial charge on any atom is 0.281 e. The van der Waals surface area contributed by atoms with Crippen molar-refractivity contribution in [3.63, 3.8) is 0 Å². The molecule has 92 valence electrons. The molecule has 1 aliphatic rings. The molecule has 1 N–H and O–H groups in total. The second kappa shape index (κ2) is 6.65. The van der Waals surface area contributed by atoms with Gasteiger partial charge < -0.3 is 5.32 Å². The highest BCUT2D eigenvalue weighted by Gasteiger charge is 2.25. The molecule has 1 heterocycles. The van der Waals surface area contributed by atoms with Crippen LogP contribution in [0.15, 0.2) is 0 Å². The van der Waals surface area contributed by atoms with Gasteiger partial charge in [0.15, 0.2) is 0 Å². The van der Waals surface area contributed by atoms with E-state index >= 15 is 0 Å². The number of rotatable bonds is 3. The van der Waals surface area contributed by atoms with Crippen LogP contribution in [0.25, 0.3) is 0 Å². The Morgan fingerprint density at radius 1 is 1.33 bits per heavy atom. The van der Waals surface area contributed by atoms with Gasteiger partial charge in [-0.3, -0.25) is 0 Å². The van der Waals surface area contributed by atoms with Crippen LogP contribution in [0.5, 0.6) is 0 Å². The Labute approximate surface area is 98.4 Å². The van der Waals surface area contributed by atoms with Crippen LogP contribution in [0.3, 0.4) is 0 Å². The lowest BCUT2D eigenvalue weighted by molar-refractivity contribution is 0.376. The molecule has 0 spiro atoms. The third kappa shape index (κ3) is 3.88. The molecule has 1 fully saturated rings. The lowest BCUT2D eigenvalue weighted by Crippen LogP contribution is -2.43. The summed E-state index contributed by atoms with van der Waals surface area (Å²) < 4.78 is 26.7. The van der Waals surface area contributed by atoms with Crippen molar-refractivity contribution in [2.24, 2.45) is 0 Å². The topological polar surface area (TPSA) is 52.7 Å². The summed E-state index contributed by atoms with van der Waals surface area (Å²) >= 11 is 0. The molecule has 0 aromatic heterocycles. The minimum absolute atomic E-state index is 0. The number of nitrogens with one attached hydrogen (secondary N) is 1. The quantitative estimate of drug-likeness (QED) is 0.768. The number of hydrogen-bond acceptors (Lipinski definition) is 3.